The molecule has 5 nitrogen and oxygen atoms in total. The van der Waals surface area contributed by atoms with E-state index >= 15 is 0 Å². The number of rotatable bonds is 4. The van der Waals surface area contributed by atoms with Gasteiger partial charge in [0, 0.05) is 12.6 Å². The van der Waals surface area contributed by atoms with E-state index in [0.717, 1.165) is 32.1 Å². The van der Waals surface area contributed by atoms with E-state index in [4.69, 9.17) is 5.73 Å². The molecule has 1 amide bonds. The fourth-order valence-electron chi connectivity index (χ4n) is 3.84. The number of hydrogen-bond donors (Lipinski definition) is 1. The molecule has 1 saturated heterocycles. The van der Waals surface area contributed by atoms with Gasteiger partial charge in [-0.1, -0.05) is 19.3 Å². The van der Waals surface area contributed by atoms with Gasteiger partial charge in [-0.05, 0) is 45.1 Å². The normalized spacial score (nSPS) is 32.6. The van der Waals surface area contributed by atoms with Crippen LogP contribution in [0, 0.1) is 5.92 Å². The highest BCUT2D eigenvalue weighted by atomic mass is 32.2. The molecule has 6 heteroatoms. The maximum Gasteiger partial charge on any atom is 0.241 e. The van der Waals surface area contributed by atoms with Crippen LogP contribution in [0.15, 0.2) is 0 Å². The van der Waals surface area contributed by atoms with Gasteiger partial charge in [0.15, 0.2) is 9.84 Å². The number of nitrogens with two attached hydrogens (primary N) is 1. The van der Waals surface area contributed by atoms with Crippen molar-refractivity contribution < 1.29 is 13.2 Å². The van der Waals surface area contributed by atoms with Crippen LogP contribution in [0.2, 0.25) is 0 Å². The largest absolute Gasteiger partial charge is 0.339 e. The second-order valence-corrected chi connectivity index (χ2v) is 8.63. The minimum absolute atomic E-state index is 0.123. The fourth-order valence-corrected chi connectivity index (χ4v) is 5.70. The van der Waals surface area contributed by atoms with Crippen molar-refractivity contribution in [1.82, 2.24) is 4.90 Å². The minimum atomic E-state index is -3.26. The average Bonchev–Trinajstić information content (AvgIpc) is 2.48. The molecule has 0 radical (unpaired) electrons. The lowest BCUT2D eigenvalue weighted by Gasteiger charge is -2.41. The lowest BCUT2D eigenvalue weighted by atomic mass is 9.83. The number of hydrogen-bond acceptors (Lipinski definition) is 4. The number of nitrogens with zero attached hydrogens (tertiary/aromatic N) is 1. The quantitative estimate of drug-likeness (QED) is 0.848. The summed E-state index contributed by atoms with van der Waals surface area (Å²) in [7, 11) is -3.26. The van der Waals surface area contributed by atoms with Gasteiger partial charge in [-0.3, -0.25) is 4.79 Å². The molecule has 2 N–H and O–H groups in total. The number of sulfone groups is 1. The molecule has 0 aromatic carbocycles. The maximum absolute atomic E-state index is 12.8. The number of carbonyl (C=O) groups excluding carboxylic acids is 1. The summed E-state index contributed by atoms with van der Waals surface area (Å²) in [6.07, 6.45) is 6.26. The van der Waals surface area contributed by atoms with E-state index in [1.54, 1.807) is 0 Å². The molecular weight excluding hydrogens is 288 g/mol. The second-order valence-electron chi connectivity index (χ2n) is 6.32. The molecule has 1 aliphatic carbocycles. The lowest BCUT2D eigenvalue weighted by Crippen LogP contribution is -2.53. The van der Waals surface area contributed by atoms with Crippen LogP contribution < -0.4 is 5.73 Å². The van der Waals surface area contributed by atoms with Crippen molar-refractivity contribution in [2.45, 2.75) is 63.2 Å². The average molecular weight is 316 g/mol. The third kappa shape index (κ3) is 3.59. The number of carbonyl (C=O) groups is 1. The van der Waals surface area contributed by atoms with Crippen LogP contribution in [0.25, 0.3) is 0 Å². The van der Waals surface area contributed by atoms with Crippen LogP contribution in [0.4, 0.5) is 0 Å². The van der Waals surface area contributed by atoms with E-state index in [1.807, 2.05) is 11.8 Å². The first-order valence-electron chi connectivity index (χ1n) is 8.23. The molecule has 0 aromatic heterocycles. The van der Waals surface area contributed by atoms with Crippen LogP contribution in [0.5, 0.6) is 0 Å². The molecule has 0 aromatic rings. The summed E-state index contributed by atoms with van der Waals surface area (Å²) in [5.41, 5.74) is 5.86. The second kappa shape index (κ2) is 7.09. The van der Waals surface area contributed by atoms with Crippen LogP contribution >= 0.6 is 0 Å². The summed E-state index contributed by atoms with van der Waals surface area (Å²) in [6, 6.07) is 0.123. The Morgan fingerprint density at radius 2 is 1.81 bits per heavy atom. The Morgan fingerprint density at radius 3 is 2.43 bits per heavy atom. The van der Waals surface area contributed by atoms with E-state index in [1.165, 1.54) is 0 Å². The van der Waals surface area contributed by atoms with Crippen molar-refractivity contribution >= 4 is 15.7 Å². The maximum atomic E-state index is 12.8. The first-order chi connectivity index (χ1) is 10.0. The summed E-state index contributed by atoms with van der Waals surface area (Å²) < 4.78 is 24.4. The van der Waals surface area contributed by atoms with Crippen LogP contribution in [0.3, 0.4) is 0 Å². The molecule has 0 bridgehead atoms. The van der Waals surface area contributed by atoms with Crippen LogP contribution in [-0.4, -0.2) is 49.4 Å². The highest BCUT2D eigenvalue weighted by molar-refractivity contribution is 7.92. The minimum Gasteiger partial charge on any atom is -0.339 e. The third-order valence-corrected chi connectivity index (χ3v) is 7.21. The van der Waals surface area contributed by atoms with Crippen molar-refractivity contribution in [2.75, 3.05) is 18.8 Å². The van der Waals surface area contributed by atoms with E-state index in [-0.39, 0.29) is 17.7 Å². The zero-order chi connectivity index (χ0) is 15.5. The topological polar surface area (TPSA) is 80.5 Å². The Balaban J connectivity index is 2.17. The van der Waals surface area contributed by atoms with Crippen molar-refractivity contribution in [1.29, 1.82) is 0 Å². The van der Waals surface area contributed by atoms with Gasteiger partial charge < -0.3 is 10.6 Å². The molecule has 21 heavy (non-hydrogen) atoms. The third-order valence-electron chi connectivity index (χ3n) is 5.05. The highest BCUT2D eigenvalue weighted by Crippen LogP contribution is 2.30. The van der Waals surface area contributed by atoms with Gasteiger partial charge >= 0.3 is 0 Å². The van der Waals surface area contributed by atoms with Crippen LogP contribution in [0.1, 0.15) is 51.9 Å². The van der Waals surface area contributed by atoms with Crippen molar-refractivity contribution in [3.63, 3.8) is 0 Å². The van der Waals surface area contributed by atoms with E-state index in [2.05, 4.69) is 0 Å². The van der Waals surface area contributed by atoms with Gasteiger partial charge in [-0.2, -0.15) is 0 Å². The summed E-state index contributed by atoms with van der Waals surface area (Å²) in [5, 5.41) is -0.813. The SMILES string of the molecule is CCN(C(=O)C1CCCCS1(=O)=O)C1CCCCC1CN. The zero-order valence-corrected chi connectivity index (χ0v) is 13.8. The highest BCUT2D eigenvalue weighted by Gasteiger charge is 2.40. The monoisotopic (exact) mass is 316 g/mol. The van der Waals surface area contributed by atoms with Crippen molar-refractivity contribution in [3.05, 3.63) is 0 Å². The predicted octanol–water partition coefficient (Wildman–Crippen LogP) is 1.32. The summed E-state index contributed by atoms with van der Waals surface area (Å²) >= 11 is 0. The van der Waals surface area contributed by atoms with E-state index in [0.29, 0.717) is 31.8 Å². The molecule has 0 spiro atoms. The molecule has 122 valence electrons. The summed E-state index contributed by atoms with van der Waals surface area (Å²) in [5.74, 6) is 0.294. The first-order valence-corrected chi connectivity index (χ1v) is 9.95. The molecular formula is C15H28N2O3S. The van der Waals surface area contributed by atoms with Crippen molar-refractivity contribution in [2.24, 2.45) is 11.7 Å². The Kier molecular flexibility index (Phi) is 5.66. The predicted molar refractivity (Wildman–Crippen MR) is 83.6 cm³/mol. The van der Waals surface area contributed by atoms with Crippen molar-refractivity contribution in [3.8, 4) is 0 Å². The zero-order valence-electron chi connectivity index (χ0n) is 13.0. The fraction of sp³-hybridized carbons (Fsp3) is 0.933. The molecule has 1 heterocycles. The van der Waals surface area contributed by atoms with E-state index in [9.17, 15) is 13.2 Å². The lowest BCUT2D eigenvalue weighted by molar-refractivity contribution is -0.134. The molecule has 3 unspecified atom stereocenters. The Bertz CT molecular complexity index is 464. The Hall–Kier alpha value is -0.620. The van der Waals surface area contributed by atoms with Gasteiger partial charge in [-0.25, -0.2) is 8.42 Å². The van der Waals surface area contributed by atoms with Gasteiger partial charge in [-0.15, -0.1) is 0 Å². The summed E-state index contributed by atoms with van der Waals surface area (Å²) in [6.45, 7) is 3.09. The number of amides is 1. The smallest absolute Gasteiger partial charge is 0.241 e. The van der Waals surface area contributed by atoms with Gasteiger partial charge in [0.25, 0.3) is 0 Å². The first kappa shape index (κ1) is 16.7. The molecule has 1 aliphatic heterocycles. The molecule has 2 rings (SSSR count). The van der Waals surface area contributed by atoms with E-state index < -0.39 is 15.1 Å². The molecule has 2 aliphatic rings. The standard InChI is InChI=1S/C15H28N2O3S/c1-2-17(13-8-4-3-7-12(13)11-16)15(18)14-9-5-6-10-21(14,19)20/h12-14H,2-11,16H2,1H3. The molecule has 2 fully saturated rings. The van der Waals surface area contributed by atoms with Gasteiger partial charge in [0.1, 0.15) is 5.25 Å². The summed E-state index contributed by atoms with van der Waals surface area (Å²) in [4.78, 5) is 14.6. The van der Waals surface area contributed by atoms with Gasteiger partial charge in [0.05, 0.1) is 5.75 Å². The molecule has 1 saturated carbocycles. The Labute approximate surface area is 128 Å². The molecule has 3 atom stereocenters. The van der Waals surface area contributed by atoms with Gasteiger partial charge in [0.2, 0.25) is 5.91 Å². The Morgan fingerprint density at radius 1 is 1.14 bits per heavy atom. The van der Waals surface area contributed by atoms with Crippen LogP contribution in [-0.2, 0) is 14.6 Å².